The summed E-state index contributed by atoms with van der Waals surface area (Å²) in [5.74, 6) is 0.0288. The molecule has 1 amide bonds. The van der Waals surface area contributed by atoms with E-state index < -0.39 is 5.91 Å². The first-order valence-corrected chi connectivity index (χ1v) is 12.4. The lowest BCUT2D eigenvalue weighted by atomic mass is 10.2. The van der Waals surface area contributed by atoms with E-state index in [1.54, 1.807) is 42.5 Å². The number of carbonyl (C=O) groups is 1. The largest absolute Gasteiger partial charge is 0.494 e. The van der Waals surface area contributed by atoms with Gasteiger partial charge in [-0.25, -0.2) is 0 Å². The second-order valence-corrected chi connectivity index (χ2v) is 9.33. The zero-order chi connectivity index (χ0) is 25.7. The van der Waals surface area contributed by atoms with Crippen molar-refractivity contribution in [3.05, 3.63) is 108 Å². The molecule has 9 heteroatoms. The second kappa shape index (κ2) is 11.3. The lowest BCUT2D eigenvalue weighted by Gasteiger charge is -2.07. The molecule has 0 spiro atoms. The predicted molar refractivity (Wildman–Crippen MR) is 144 cm³/mol. The van der Waals surface area contributed by atoms with Crippen molar-refractivity contribution in [3.63, 3.8) is 0 Å². The highest BCUT2D eigenvalue weighted by Gasteiger charge is 2.18. The van der Waals surface area contributed by atoms with Gasteiger partial charge >= 0.3 is 0 Å². The molecule has 1 aromatic heterocycles. The SMILES string of the molecule is CCOc1ccc(/C=c2/s/c(=C(\C#N)C(=O)Nc3ccc(Cl)cc3Cl)n(-c3ccccc3)c2=O)cc1. The molecule has 0 atom stereocenters. The molecule has 3 aromatic carbocycles. The molecule has 4 aromatic rings. The summed E-state index contributed by atoms with van der Waals surface area (Å²) in [5.41, 5.74) is 1.04. The summed E-state index contributed by atoms with van der Waals surface area (Å²) in [5, 5.41) is 13.2. The number of nitrogens with one attached hydrogen (secondary N) is 1. The van der Waals surface area contributed by atoms with Crippen LogP contribution in [0.4, 0.5) is 5.69 Å². The Labute approximate surface area is 220 Å². The van der Waals surface area contributed by atoms with Crippen LogP contribution in [0, 0.1) is 11.3 Å². The Morgan fingerprint density at radius 2 is 1.83 bits per heavy atom. The highest BCUT2D eigenvalue weighted by atomic mass is 35.5. The monoisotopic (exact) mass is 535 g/mol. The van der Waals surface area contributed by atoms with Gasteiger partial charge in [0.15, 0.2) is 5.57 Å². The van der Waals surface area contributed by atoms with Crippen molar-refractivity contribution in [1.82, 2.24) is 4.57 Å². The summed E-state index contributed by atoms with van der Waals surface area (Å²) in [4.78, 5) is 26.6. The third-order valence-corrected chi connectivity index (χ3v) is 6.70. The van der Waals surface area contributed by atoms with Gasteiger partial charge in [0.05, 0.1) is 27.5 Å². The standard InChI is InChI=1S/C27H19Cl2N3O3S/c1-2-35-20-11-8-17(9-12-20)14-24-26(34)32(19-6-4-3-5-7-19)27(36-24)21(16-30)25(33)31-23-13-10-18(28)15-22(23)29/h3-15H,2H2,1H3,(H,31,33)/b24-14+,27-21+. The van der Waals surface area contributed by atoms with Crippen LogP contribution in [0.5, 0.6) is 5.75 Å². The third kappa shape index (κ3) is 5.52. The number of thiazole rings is 1. The average molecular weight is 536 g/mol. The summed E-state index contributed by atoms with van der Waals surface area (Å²) in [6, 6.07) is 22.7. The van der Waals surface area contributed by atoms with Crippen molar-refractivity contribution < 1.29 is 9.53 Å². The van der Waals surface area contributed by atoms with Crippen molar-refractivity contribution in [2.24, 2.45) is 0 Å². The Kier molecular flexibility index (Phi) is 7.91. The molecule has 0 radical (unpaired) electrons. The number of nitriles is 1. The van der Waals surface area contributed by atoms with E-state index in [1.165, 1.54) is 10.6 Å². The van der Waals surface area contributed by atoms with Crippen LogP contribution < -0.4 is 24.8 Å². The fraction of sp³-hybridized carbons (Fsp3) is 0.0741. The summed E-state index contributed by atoms with van der Waals surface area (Å²) in [7, 11) is 0. The average Bonchev–Trinajstić information content (AvgIpc) is 3.18. The fourth-order valence-electron chi connectivity index (χ4n) is 3.41. The molecule has 0 bridgehead atoms. The Morgan fingerprint density at radius 3 is 2.47 bits per heavy atom. The van der Waals surface area contributed by atoms with Gasteiger partial charge < -0.3 is 10.1 Å². The second-order valence-electron chi connectivity index (χ2n) is 7.46. The minimum absolute atomic E-state index is 0.202. The van der Waals surface area contributed by atoms with Gasteiger partial charge in [-0.15, -0.1) is 11.3 Å². The number of hydrogen-bond donors (Lipinski definition) is 1. The number of carbonyl (C=O) groups excluding carboxylic acids is 1. The molecular weight excluding hydrogens is 517 g/mol. The van der Waals surface area contributed by atoms with Gasteiger partial charge in [-0.05, 0) is 61.0 Å². The number of para-hydroxylation sites is 1. The number of anilines is 1. The van der Waals surface area contributed by atoms with Gasteiger partial charge in [0.25, 0.3) is 11.5 Å². The molecule has 0 aliphatic rings. The Bertz CT molecular complexity index is 1640. The van der Waals surface area contributed by atoms with Gasteiger partial charge in [0.1, 0.15) is 16.5 Å². The Balaban J connectivity index is 1.89. The number of aromatic nitrogens is 1. The number of amides is 1. The summed E-state index contributed by atoms with van der Waals surface area (Å²) in [6.07, 6.45) is 1.72. The number of nitrogens with zero attached hydrogens (tertiary/aromatic N) is 2. The zero-order valence-corrected chi connectivity index (χ0v) is 21.3. The van der Waals surface area contributed by atoms with E-state index in [0.717, 1.165) is 22.6 Å². The maximum absolute atomic E-state index is 13.5. The van der Waals surface area contributed by atoms with E-state index in [4.69, 9.17) is 27.9 Å². The van der Waals surface area contributed by atoms with Crippen molar-refractivity contribution in [3.8, 4) is 17.5 Å². The Morgan fingerprint density at radius 1 is 1.11 bits per heavy atom. The zero-order valence-electron chi connectivity index (χ0n) is 19.0. The lowest BCUT2D eigenvalue weighted by Crippen LogP contribution is -2.32. The third-order valence-electron chi connectivity index (χ3n) is 5.06. The molecule has 0 unspecified atom stereocenters. The first kappa shape index (κ1) is 25.3. The number of hydrogen-bond acceptors (Lipinski definition) is 5. The topological polar surface area (TPSA) is 84.1 Å². The van der Waals surface area contributed by atoms with Crippen molar-refractivity contribution in [2.45, 2.75) is 6.92 Å². The molecule has 1 N–H and O–H groups in total. The number of halogens is 2. The van der Waals surface area contributed by atoms with Crippen molar-refractivity contribution >= 4 is 57.8 Å². The minimum atomic E-state index is -0.694. The van der Waals surface area contributed by atoms with Crippen LogP contribution in [-0.2, 0) is 4.79 Å². The molecule has 6 nitrogen and oxygen atoms in total. The Hall–Kier alpha value is -3.83. The number of ether oxygens (including phenoxy) is 1. The first-order chi connectivity index (χ1) is 17.4. The molecule has 36 heavy (non-hydrogen) atoms. The summed E-state index contributed by atoms with van der Waals surface area (Å²) >= 11 is 13.2. The van der Waals surface area contributed by atoms with Gasteiger partial charge in [-0.3, -0.25) is 14.2 Å². The van der Waals surface area contributed by atoms with E-state index in [0.29, 0.717) is 27.5 Å². The number of rotatable bonds is 6. The van der Waals surface area contributed by atoms with Crippen LogP contribution in [0.15, 0.2) is 77.6 Å². The van der Waals surface area contributed by atoms with Gasteiger partial charge in [0, 0.05) is 5.02 Å². The molecule has 0 aliphatic carbocycles. The van der Waals surface area contributed by atoms with E-state index in [1.807, 2.05) is 43.3 Å². The maximum atomic E-state index is 13.5. The van der Waals surface area contributed by atoms with Gasteiger partial charge in [-0.2, -0.15) is 5.26 Å². The molecular formula is C27H19Cl2N3O3S. The van der Waals surface area contributed by atoms with Gasteiger partial charge in [-0.1, -0.05) is 53.5 Å². The molecule has 4 rings (SSSR count). The minimum Gasteiger partial charge on any atom is -0.494 e. The van der Waals surface area contributed by atoms with E-state index >= 15 is 0 Å². The highest BCUT2D eigenvalue weighted by Crippen LogP contribution is 2.25. The van der Waals surface area contributed by atoms with Crippen LogP contribution >= 0.6 is 34.5 Å². The van der Waals surface area contributed by atoms with Crippen molar-refractivity contribution in [1.29, 1.82) is 5.26 Å². The predicted octanol–water partition coefficient (Wildman–Crippen LogP) is 4.75. The van der Waals surface area contributed by atoms with Crippen LogP contribution in [0.2, 0.25) is 10.0 Å². The quantitative estimate of drug-likeness (QED) is 0.386. The van der Waals surface area contributed by atoms with Crippen LogP contribution in [0.3, 0.4) is 0 Å². The first-order valence-electron chi connectivity index (χ1n) is 10.8. The van der Waals surface area contributed by atoms with Gasteiger partial charge in [0.2, 0.25) is 0 Å². The summed E-state index contributed by atoms with van der Waals surface area (Å²) < 4.78 is 7.41. The van der Waals surface area contributed by atoms with E-state index in [-0.39, 0.29) is 20.8 Å². The number of benzene rings is 3. The maximum Gasteiger partial charge on any atom is 0.273 e. The van der Waals surface area contributed by atoms with Crippen LogP contribution in [0.1, 0.15) is 12.5 Å². The lowest BCUT2D eigenvalue weighted by molar-refractivity contribution is -0.111. The van der Waals surface area contributed by atoms with Crippen molar-refractivity contribution in [2.75, 3.05) is 11.9 Å². The molecule has 180 valence electrons. The molecule has 0 saturated heterocycles. The van der Waals surface area contributed by atoms with Crippen LogP contribution in [-0.4, -0.2) is 17.1 Å². The fourth-order valence-corrected chi connectivity index (χ4v) is 4.97. The smallest absolute Gasteiger partial charge is 0.273 e. The van der Waals surface area contributed by atoms with E-state index in [2.05, 4.69) is 5.32 Å². The van der Waals surface area contributed by atoms with E-state index in [9.17, 15) is 14.9 Å². The highest BCUT2D eigenvalue weighted by molar-refractivity contribution is 7.07. The molecule has 0 aliphatic heterocycles. The molecule has 1 heterocycles. The molecule has 0 fully saturated rings. The summed E-state index contributed by atoms with van der Waals surface area (Å²) in [6.45, 7) is 2.45. The molecule has 0 saturated carbocycles. The van der Waals surface area contributed by atoms with Crippen LogP contribution in [0.25, 0.3) is 17.3 Å². The normalized spacial score (nSPS) is 12.1.